The number of nitrogens with one attached hydrogen (secondary N) is 1. The average molecular weight is 455 g/mol. The predicted molar refractivity (Wildman–Crippen MR) is 123 cm³/mol. The number of hydrogen-bond acceptors (Lipinski definition) is 7. The molecule has 0 radical (unpaired) electrons. The van der Waals surface area contributed by atoms with Crippen LogP contribution in [0.25, 0.3) is 10.6 Å². The normalized spacial score (nSPS) is 11.5. The quantitative estimate of drug-likeness (QED) is 0.453. The molecule has 0 aliphatic rings. The van der Waals surface area contributed by atoms with Gasteiger partial charge in [-0.2, -0.15) is 0 Å². The first-order valence-corrected chi connectivity index (χ1v) is 11.1. The second-order valence-corrected chi connectivity index (χ2v) is 7.85. The molecule has 0 unspecified atom stereocenters. The van der Waals surface area contributed by atoms with E-state index in [9.17, 15) is 9.59 Å². The lowest BCUT2D eigenvalue weighted by atomic mass is 10.0. The van der Waals surface area contributed by atoms with Crippen molar-refractivity contribution in [1.82, 2.24) is 10.3 Å². The molecule has 7 nitrogen and oxygen atoms in total. The van der Waals surface area contributed by atoms with E-state index in [2.05, 4.69) is 10.3 Å². The Kier molecular flexibility index (Phi) is 8.21. The Bertz CT molecular complexity index is 1030. The zero-order chi connectivity index (χ0) is 22.9. The molecule has 0 saturated heterocycles. The van der Waals surface area contributed by atoms with Gasteiger partial charge in [0, 0.05) is 17.9 Å². The van der Waals surface area contributed by atoms with E-state index in [0.717, 1.165) is 21.9 Å². The second kappa shape index (κ2) is 11.3. The van der Waals surface area contributed by atoms with Crippen LogP contribution in [0.15, 0.2) is 53.9 Å². The van der Waals surface area contributed by atoms with E-state index in [1.165, 1.54) is 18.3 Å². The van der Waals surface area contributed by atoms with Crippen molar-refractivity contribution in [2.75, 3.05) is 13.7 Å². The number of ether oxygens (including phenoxy) is 3. The van der Waals surface area contributed by atoms with Crippen LogP contribution < -0.4 is 14.8 Å². The minimum absolute atomic E-state index is 0.0157. The summed E-state index contributed by atoms with van der Waals surface area (Å²) in [7, 11) is 1.58. The van der Waals surface area contributed by atoms with Crippen LogP contribution >= 0.6 is 11.3 Å². The highest BCUT2D eigenvalue weighted by atomic mass is 32.1. The number of amides is 1. The third-order valence-electron chi connectivity index (χ3n) is 4.61. The Hall–Kier alpha value is -3.39. The topological polar surface area (TPSA) is 86.8 Å². The van der Waals surface area contributed by atoms with Gasteiger partial charge in [0.25, 0.3) is 0 Å². The summed E-state index contributed by atoms with van der Waals surface area (Å²) in [5.74, 6) is 0.866. The van der Waals surface area contributed by atoms with Gasteiger partial charge in [0.05, 0.1) is 31.9 Å². The molecule has 1 amide bonds. The van der Waals surface area contributed by atoms with Crippen molar-refractivity contribution in [1.29, 1.82) is 0 Å². The fraction of sp³-hybridized carbons (Fsp3) is 0.292. The van der Waals surface area contributed by atoms with Crippen LogP contribution in [-0.4, -0.2) is 30.6 Å². The fourth-order valence-electron chi connectivity index (χ4n) is 3.08. The average Bonchev–Trinajstić information content (AvgIpc) is 3.27. The number of methoxy groups -OCH3 is 1. The highest BCUT2D eigenvalue weighted by molar-refractivity contribution is 7.13. The molecule has 8 heteroatoms. The minimum Gasteiger partial charge on any atom is -0.497 e. The number of thiazole rings is 1. The van der Waals surface area contributed by atoms with Crippen molar-refractivity contribution >= 4 is 23.2 Å². The van der Waals surface area contributed by atoms with Crippen molar-refractivity contribution in [3.05, 3.63) is 65.2 Å². The van der Waals surface area contributed by atoms with Gasteiger partial charge in [-0.1, -0.05) is 12.1 Å². The summed E-state index contributed by atoms with van der Waals surface area (Å²) >= 11 is 1.48. The van der Waals surface area contributed by atoms with Gasteiger partial charge in [0.15, 0.2) is 0 Å². The van der Waals surface area contributed by atoms with Crippen LogP contribution in [0.1, 0.15) is 37.6 Å². The van der Waals surface area contributed by atoms with E-state index in [0.29, 0.717) is 18.1 Å². The lowest BCUT2D eigenvalue weighted by Crippen LogP contribution is -2.28. The van der Waals surface area contributed by atoms with E-state index >= 15 is 0 Å². The first-order chi connectivity index (χ1) is 15.5. The van der Waals surface area contributed by atoms with Crippen molar-refractivity contribution in [2.45, 2.75) is 32.9 Å². The second-order valence-electron chi connectivity index (χ2n) is 6.99. The molecule has 0 bridgehead atoms. The molecule has 1 aromatic heterocycles. The monoisotopic (exact) mass is 454 g/mol. The summed E-state index contributed by atoms with van der Waals surface area (Å²) < 4.78 is 16.0. The number of carbonyl (C=O) groups excluding carboxylic acids is 2. The summed E-state index contributed by atoms with van der Waals surface area (Å²) in [5.41, 5.74) is 2.44. The maximum Gasteiger partial charge on any atom is 0.308 e. The molecular weight excluding hydrogens is 428 g/mol. The van der Waals surface area contributed by atoms with Gasteiger partial charge in [0.2, 0.25) is 5.91 Å². The molecule has 2 aromatic carbocycles. The van der Waals surface area contributed by atoms with Crippen molar-refractivity contribution in [2.24, 2.45) is 0 Å². The van der Waals surface area contributed by atoms with Gasteiger partial charge in [0.1, 0.15) is 23.1 Å². The molecule has 0 aliphatic carbocycles. The Labute approximate surface area is 191 Å². The number of nitrogens with zero attached hydrogens (tertiary/aromatic N) is 1. The molecule has 1 N–H and O–H groups in total. The number of carbonyl (C=O) groups is 2. The predicted octanol–water partition coefficient (Wildman–Crippen LogP) is 4.53. The Morgan fingerprint density at radius 2 is 1.75 bits per heavy atom. The number of aromatic nitrogens is 1. The van der Waals surface area contributed by atoms with Crippen LogP contribution in [0, 0.1) is 0 Å². The highest BCUT2D eigenvalue weighted by Gasteiger charge is 2.19. The molecule has 168 valence electrons. The van der Waals surface area contributed by atoms with Gasteiger partial charge in [-0.25, -0.2) is 4.98 Å². The van der Waals surface area contributed by atoms with Gasteiger partial charge in [-0.3, -0.25) is 9.59 Å². The zero-order valence-corrected chi connectivity index (χ0v) is 19.1. The molecule has 32 heavy (non-hydrogen) atoms. The van der Waals surface area contributed by atoms with Crippen LogP contribution in [0.2, 0.25) is 0 Å². The van der Waals surface area contributed by atoms with Crippen LogP contribution in [0.4, 0.5) is 0 Å². The number of esters is 1. The first-order valence-electron chi connectivity index (χ1n) is 10.2. The lowest BCUT2D eigenvalue weighted by molar-refractivity contribution is -0.145. The van der Waals surface area contributed by atoms with E-state index < -0.39 is 12.0 Å². The highest BCUT2D eigenvalue weighted by Crippen LogP contribution is 2.26. The third-order valence-corrected chi connectivity index (χ3v) is 5.55. The number of rotatable bonds is 10. The van der Waals surface area contributed by atoms with E-state index in [1.807, 2.05) is 48.7 Å². The smallest absolute Gasteiger partial charge is 0.308 e. The molecule has 0 aliphatic heterocycles. The molecule has 3 aromatic rings. The summed E-state index contributed by atoms with van der Waals surface area (Å²) in [6, 6.07) is 14.4. The van der Waals surface area contributed by atoms with E-state index in [1.54, 1.807) is 19.2 Å². The molecule has 0 spiro atoms. The number of benzene rings is 2. The Balaban J connectivity index is 1.58. The maximum absolute atomic E-state index is 12.4. The fourth-order valence-corrected chi connectivity index (χ4v) is 3.89. The summed E-state index contributed by atoms with van der Waals surface area (Å²) in [6.45, 7) is 4.05. The summed E-state index contributed by atoms with van der Waals surface area (Å²) in [4.78, 5) is 28.6. The minimum atomic E-state index is -0.485. The van der Waals surface area contributed by atoms with Crippen LogP contribution in [-0.2, 0) is 20.9 Å². The molecule has 0 saturated carbocycles. The largest absolute Gasteiger partial charge is 0.497 e. The molecule has 1 atom stereocenters. The summed E-state index contributed by atoms with van der Waals surface area (Å²) in [5, 5.41) is 5.51. The first kappa shape index (κ1) is 23.3. The van der Waals surface area contributed by atoms with E-state index in [4.69, 9.17) is 14.2 Å². The van der Waals surface area contributed by atoms with Crippen LogP contribution in [0.5, 0.6) is 11.5 Å². The maximum atomic E-state index is 12.4. The number of hydrogen-bond donors (Lipinski definition) is 1. The third kappa shape index (κ3) is 6.55. The standard InChI is InChI=1S/C24H26N2O5S/c1-4-30-21-11-7-18(8-12-21)24-26-19(15-32-24)14-31-23(28)13-22(25-16(2)27)17-5-9-20(29-3)10-6-17/h5-12,15,22H,4,13-14H2,1-3H3,(H,25,27)/t22-/m1/s1. The van der Waals surface area contributed by atoms with Crippen LogP contribution in [0.3, 0.4) is 0 Å². The van der Waals surface area contributed by atoms with E-state index in [-0.39, 0.29) is 18.9 Å². The van der Waals surface area contributed by atoms with Crippen molar-refractivity contribution in [3.8, 4) is 22.1 Å². The van der Waals surface area contributed by atoms with Gasteiger partial charge in [-0.15, -0.1) is 11.3 Å². The molecule has 3 rings (SSSR count). The van der Waals surface area contributed by atoms with Crippen molar-refractivity contribution < 1.29 is 23.8 Å². The SMILES string of the molecule is CCOc1ccc(-c2nc(COC(=O)C[C@@H](NC(C)=O)c3ccc(OC)cc3)cs2)cc1. The van der Waals surface area contributed by atoms with Gasteiger partial charge >= 0.3 is 5.97 Å². The molecule has 0 fully saturated rings. The summed E-state index contributed by atoms with van der Waals surface area (Å²) in [6.07, 6.45) is 0.0157. The van der Waals surface area contributed by atoms with Gasteiger partial charge < -0.3 is 19.5 Å². The Morgan fingerprint density at radius 3 is 2.38 bits per heavy atom. The Morgan fingerprint density at radius 1 is 1.06 bits per heavy atom. The molecular formula is C24H26N2O5S. The lowest BCUT2D eigenvalue weighted by Gasteiger charge is -2.18. The van der Waals surface area contributed by atoms with Gasteiger partial charge in [-0.05, 0) is 48.9 Å². The van der Waals surface area contributed by atoms with Crippen molar-refractivity contribution in [3.63, 3.8) is 0 Å². The molecule has 1 heterocycles. The zero-order valence-electron chi connectivity index (χ0n) is 18.3.